The zero-order valence-electron chi connectivity index (χ0n) is 8.24. The number of phenolic OH excluding ortho intramolecular Hbond substituents is 1. The Kier molecular flexibility index (Phi) is 4.37. The van der Waals surface area contributed by atoms with Crippen LogP contribution in [0.3, 0.4) is 0 Å². The Morgan fingerprint density at radius 3 is 2.87 bits per heavy atom. The molecule has 15 heavy (non-hydrogen) atoms. The van der Waals surface area contributed by atoms with E-state index in [0.29, 0.717) is 16.5 Å². The molecule has 0 spiro atoms. The van der Waals surface area contributed by atoms with Gasteiger partial charge in [-0.3, -0.25) is 0 Å². The van der Waals surface area contributed by atoms with Crippen molar-refractivity contribution in [3.05, 3.63) is 35.4 Å². The molecule has 0 atom stereocenters. The van der Waals surface area contributed by atoms with Gasteiger partial charge in [0, 0.05) is 10.9 Å². The molecule has 1 rings (SSSR count). The van der Waals surface area contributed by atoms with Gasteiger partial charge in [-0.15, -0.1) is 0 Å². The number of ether oxygens (including phenoxy) is 1. The summed E-state index contributed by atoms with van der Waals surface area (Å²) >= 11 is 3.24. The highest BCUT2D eigenvalue weighted by atomic mass is 79.9. The topological polar surface area (TPSA) is 46.5 Å². The van der Waals surface area contributed by atoms with E-state index in [4.69, 9.17) is 0 Å². The number of halogens is 1. The molecule has 1 N–H and O–H groups in total. The molecule has 0 amide bonds. The Labute approximate surface area is 96.5 Å². The van der Waals surface area contributed by atoms with Gasteiger partial charge in [0.25, 0.3) is 0 Å². The summed E-state index contributed by atoms with van der Waals surface area (Å²) in [5, 5.41) is 10.3. The monoisotopic (exact) mass is 270 g/mol. The van der Waals surface area contributed by atoms with E-state index in [-0.39, 0.29) is 5.75 Å². The lowest BCUT2D eigenvalue weighted by Crippen LogP contribution is -2.00. The molecule has 3 nitrogen and oxygen atoms in total. The van der Waals surface area contributed by atoms with Crippen molar-refractivity contribution < 1.29 is 14.6 Å². The van der Waals surface area contributed by atoms with Crippen molar-refractivity contribution in [1.82, 2.24) is 0 Å². The molecular weight excluding hydrogens is 260 g/mol. The van der Waals surface area contributed by atoms with Crippen molar-refractivity contribution in [2.24, 2.45) is 0 Å². The van der Waals surface area contributed by atoms with Gasteiger partial charge in [0.2, 0.25) is 0 Å². The van der Waals surface area contributed by atoms with Gasteiger partial charge in [0.1, 0.15) is 5.75 Å². The first-order valence-electron chi connectivity index (χ1n) is 4.33. The van der Waals surface area contributed by atoms with Gasteiger partial charge in [0.15, 0.2) is 0 Å². The van der Waals surface area contributed by atoms with E-state index in [2.05, 4.69) is 20.7 Å². The second-order valence-corrected chi connectivity index (χ2v) is 3.47. The second-order valence-electron chi connectivity index (χ2n) is 2.82. The summed E-state index contributed by atoms with van der Waals surface area (Å²) in [6.07, 6.45) is 3.62. The van der Waals surface area contributed by atoms with Gasteiger partial charge < -0.3 is 9.84 Å². The van der Waals surface area contributed by atoms with Crippen LogP contribution in [-0.4, -0.2) is 23.5 Å². The van der Waals surface area contributed by atoms with Crippen LogP contribution >= 0.6 is 15.9 Å². The van der Waals surface area contributed by atoms with Gasteiger partial charge in [0.05, 0.1) is 12.7 Å². The van der Waals surface area contributed by atoms with Gasteiger partial charge >= 0.3 is 5.97 Å². The summed E-state index contributed by atoms with van der Waals surface area (Å²) in [6.45, 7) is 0. The number of aromatic hydroxyl groups is 1. The normalized spacial score (nSPS) is 10.5. The number of rotatable bonds is 3. The third-order valence-electron chi connectivity index (χ3n) is 1.84. The molecule has 0 aliphatic rings. The summed E-state index contributed by atoms with van der Waals surface area (Å²) in [4.78, 5) is 11.1. The summed E-state index contributed by atoms with van der Waals surface area (Å²) < 4.78 is 4.54. The van der Waals surface area contributed by atoms with Crippen LogP contribution in [0.5, 0.6) is 5.75 Å². The fourth-order valence-corrected chi connectivity index (χ4v) is 1.29. The maximum atomic E-state index is 11.1. The number of carbonyl (C=O) groups excluding carboxylic acids is 1. The third-order valence-corrected chi connectivity index (χ3v) is 2.21. The van der Waals surface area contributed by atoms with Crippen molar-refractivity contribution in [3.8, 4) is 5.75 Å². The van der Waals surface area contributed by atoms with Crippen LogP contribution in [0.4, 0.5) is 0 Å². The average molecular weight is 271 g/mol. The molecule has 0 saturated heterocycles. The van der Waals surface area contributed by atoms with E-state index >= 15 is 0 Å². The molecule has 1 aromatic rings. The Morgan fingerprint density at radius 1 is 1.60 bits per heavy atom. The Bertz CT molecular complexity index is 385. The quantitative estimate of drug-likeness (QED) is 0.679. The minimum atomic E-state index is -0.457. The first kappa shape index (κ1) is 11.8. The third kappa shape index (κ3) is 3.09. The van der Waals surface area contributed by atoms with Crippen LogP contribution < -0.4 is 0 Å². The molecule has 4 heteroatoms. The van der Waals surface area contributed by atoms with Crippen LogP contribution in [-0.2, 0) is 4.74 Å². The minimum Gasteiger partial charge on any atom is -0.507 e. The highest BCUT2D eigenvalue weighted by molar-refractivity contribution is 9.09. The predicted octanol–water partition coefficient (Wildman–Crippen LogP) is 2.59. The van der Waals surface area contributed by atoms with E-state index in [9.17, 15) is 9.90 Å². The molecule has 0 aliphatic carbocycles. The summed E-state index contributed by atoms with van der Waals surface area (Å²) in [7, 11) is 1.30. The first-order valence-corrected chi connectivity index (χ1v) is 5.45. The lowest BCUT2D eigenvalue weighted by atomic mass is 10.1. The Hall–Kier alpha value is -1.29. The molecule has 0 bridgehead atoms. The van der Waals surface area contributed by atoms with Crippen LogP contribution in [0.2, 0.25) is 0 Å². The number of esters is 1. The van der Waals surface area contributed by atoms with Crippen LogP contribution in [0.25, 0.3) is 6.08 Å². The fraction of sp³-hybridized carbons (Fsp3) is 0.182. The van der Waals surface area contributed by atoms with E-state index in [0.717, 1.165) is 0 Å². The van der Waals surface area contributed by atoms with Crippen molar-refractivity contribution in [2.45, 2.75) is 0 Å². The summed E-state index contributed by atoms with van der Waals surface area (Å²) in [6, 6.07) is 4.67. The lowest BCUT2D eigenvalue weighted by Gasteiger charge is -2.02. The number of carbonyl (C=O) groups is 1. The van der Waals surface area contributed by atoms with Gasteiger partial charge in [-0.2, -0.15) is 0 Å². The van der Waals surface area contributed by atoms with Crippen LogP contribution in [0.1, 0.15) is 15.9 Å². The standard InChI is InChI=1S/C11H11BrO3/c1-15-11(14)9-5-4-8(3-2-6-12)10(13)7-9/h2-5,7,13H,6H2,1H3. The van der Waals surface area contributed by atoms with E-state index in [1.165, 1.54) is 13.2 Å². The molecule has 80 valence electrons. The Balaban J connectivity index is 2.98. The van der Waals surface area contributed by atoms with E-state index in [1.54, 1.807) is 18.2 Å². The van der Waals surface area contributed by atoms with Crippen molar-refractivity contribution in [1.29, 1.82) is 0 Å². The zero-order chi connectivity index (χ0) is 11.3. The molecule has 0 aliphatic heterocycles. The molecule has 1 aromatic carbocycles. The molecule has 0 aromatic heterocycles. The molecule has 0 radical (unpaired) electrons. The average Bonchev–Trinajstić information content (AvgIpc) is 2.26. The van der Waals surface area contributed by atoms with Gasteiger partial charge in [-0.1, -0.05) is 34.1 Å². The maximum Gasteiger partial charge on any atom is 0.337 e. The van der Waals surface area contributed by atoms with Gasteiger partial charge in [-0.05, 0) is 12.1 Å². The van der Waals surface area contributed by atoms with Crippen LogP contribution in [0.15, 0.2) is 24.3 Å². The van der Waals surface area contributed by atoms with Gasteiger partial charge in [-0.25, -0.2) is 4.79 Å². The SMILES string of the molecule is COC(=O)c1ccc(C=CCBr)c(O)c1. The molecule has 0 saturated carbocycles. The van der Waals surface area contributed by atoms with Crippen LogP contribution in [0, 0.1) is 0 Å². The van der Waals surface area contributed by atoms with E-state index in [1.807, 2.05) is 6.08 Å². The number of hydrogen-bond acceptors (Lipinski definition) is 3. The van der Waals surface area contributed by atoms with Crippen molar-refractivity contribution >= 4 is 28.0 Å². The first-order chi connectivity index (χ1) is 7.19. The predicted molar refractivity (Wildman–Crippen MR) is 62.3 cm³/mol. The summed E-state index contributed by atoms with van der Waals surface area (Å²) in [5.74, 6) is -0.392. The van der Waals surface area contributed by atoms with Crippen molar-refractivity contribution in [2.75, 3.05) is 12.4 Å². The highest BCUT2D eigenvalue weighted by Gasteiger charge is 2.07. The zero-order valence-corrected chi connectivity index (χ0v) is 9.82. The van der Waals surface area contributed by atoms with E-state index < -0.39 is 5.97 Å². The molecule has 0 unspecified atom stereocenters. The fourth-order valence-electron chi connectivity index (χ4n) is 1.10. The Morgan fingerprint density at radius 2 is 2.33 bits per heavy atom. The number of hydrogen-bond donors (Lipinski definition) is 1. The molecule has 0 heterocycles. The second kappa shape index (κ2) is 5.56. The number of allylic oxidation sites excluding steroid dienone is 1. The molecular formula is C11H11BrO3. The van der Waals surface area contributed by atoms with Crippen molar-refractivity contribution in [3.63, 3.8) is 0 Å². The minimum absolute atomic E-state index is 0.0649. The number of benzene rings is 1. The number of alkyl halides is 1. The maximum absolute atomic E-state index is 11.1. The largest absolute Gasteiger partial charge is 0.507 e. The molecule has 0 fully saturated rings. The summed E-state index contributed by atoms with van der Waals surface area (Å²) in [5.41, 5.74) is 1.01. The smallest absolute Gasteiger partial charge is 0.337 e. The number of methoxy groups -OCH3 is 1. The lowest BCUT2D eigenvalue weighted by molar-refractivity contribution is 0.0600. The number of phenols is 1. The highest BCUT2D eigenvalue weighted by Crippen LogP contribution is 2.20.